The van der Waals surface area contributed by atoms with Gasteiger partial charge in [0.25, 0.3) is 0 Å². The zero-order valence-electron chi connectivity index (χ0n) is 9.19. The Hall–Kier alpha value is -0.610. The highest BCUT2D eigenvalue weighted by atomic mass is 16.5. The molecule has 15 heavy (non-hydrogen) atoms. The zero-order valence-corrected chi connectivity index (χ0v) is 9.19. The standard InChI is InChI=1S/C11H20O4/c1-2-3-4-5-9(13)10-8(6-12)7-15-11(10)14/h8-10,12-13H,2-7H2,1H3/t8-,9-,10+/m1/s1. The third-order valence-corrected chi connectivity index (χ3v) is 2.97. The highest BCUT2D eigenvalue weighted by Gasteiger charge is 2.40. The van der Waals surface area contributed by atoms with E-state index < -0.39 is 12.0 Å². The second kappa shape index (κ2) is 6.08. The average Bonchev–Trinajstić information content (AvgIpc) is 2.59. The number of esters is 1. The molecule has 88 valence electrons. The number of carbonyl (C=O) groups excluding carboxylic acids is 1. The molecule has 0 saturated carbocycles. The van der Waals surface area contributed by atoms with Crippen molar-refractivity contribution in [3.63, 3.8) is 0 Å². The normalized spacial score (nSPS) is 27.8. The fraction of sp³-hybridized carbons (Fsp3) is 0.909. The van der Waals surface area contributed by atoms with Crippen molar-refractivity contribution in [3.05, 3.63) is 0 Å². The number of hydrogen-bond acceptors (Lipinski definition) is 4. The van der Waals surface area contributed by atoms with E-state index in [2.05, 4.69) is 6.92 Å². The Morgan fingerprint density at radius 2 is 2.27 bits per heavy atom. The predicted molar refractivity (Wildman–Crippen MR) is 55.2 cm³/mol. The van der Waals surface area contributed by atoms with E-state index in [-0.39, 0.29) is 25.1 Å². The lowest BCUT2D eigenvalue weighted by atomic mass is 9.88. The van der Waals surface area contributed by atoms with E-state index in [0.717, 1.165) is 19.3 Å². The Morgan fingerprint density at radius 3 is 2.87 bits per heavy atom. The van der Waals surface area contributed by atoms with Crippen LogP contribution in [-0.2, 0) is 9.53 Å². The molecule has 0 amide bonds. The van der Waals surface area contributed by atoms with Crippen LogP contribution >= 0.6 is 0 Å². The van der Waals surface area contributed by atoms with Gasteiger partial charge in [0.05, 0.1) is 25.2 Å². The SMILES string of the molecule is CCCCC[C@@H](O)[C@H]1C(=O)OC[C@H]1CO. The number of ether oxygens (including phenoxy) is 1. The highest BCUT2D eigenvalue weighted by Crippen LogP contribution is 2.27. The van der Waals surface area contributed by atoms with Gasteiger partial charge in [0.1, 0.15) is 0 Å². The first-order chi connectivity index (χ1) is 7.20. The number of unbranched alkanes of at least 4 members (excludes halogenated alkanes) is 2. The van der Waals surface area contributed by atoms with Crippen LogP contribution in [0.15, 0.2) is 0 Å². The molecule has 0 aromatic heterocycles. The van der Waals surface area contributed by atoms with Crippen LogP contribution in [0.1, 0.15) is 32.6 Å². The van der Waals surface area contributed by atoms with Crippen molar-refractivity contribution in [1.29, 1.82) is 0 Å². The fourth-order valence-electron chi connectivity index (χ4n) is 2.00. The molecule has 3 atom stereocenters. The molecule has 1 aliphatic heterocycles. The Bertz CT molecular complexity index is 205. The first kappa shape index (κ1) is 12.5. The van der Waals surface area contributed by atoms with Gasteiger partial charge in [-0.2, -0.15) is 0 Å². The molecular formula is C11H20O4. The number of cyclic esters (lactones) is 1. The first-order valence-electron chi connectivity index (χ1n) is 5.66. The lowest BCUT2D eigenvalue weighted by molar-refractivity contribution is -0.144. The van der Waals surface area contributed by atoms with Crippen molar-refractivity contribution in [2.75, 3.05) is 13.2 Å². The third-order valence-electron chi connectivity index (χ3n) is 2.97. The summed E-state index contributed by atoms with van der Waals surface area (Å²) in [7, 11) is 0. The quantitative estimate of drug-likeness (QED) is 0.507. The maximum atomic E-state index is 11.3. The van der Waals surface area contributed by atoms with Crippen LogP contribution in [0.5, 0.6) is 0 Å². The Kier molecular flexibility index (Phi) is 5.05. The molecule has 4 heteroatoms. The second-order valence-corrected chi connectivity index (χ2v) is 4.16. The Morgan fingerprint density at radius 1 is 1.53 bits per heavy atom. The summed E-state index contributed by atoms with van der Waals surface area (Å²) in [5.41, 5.74) is 0. The van der Waals surface area contributed by atoms with E-state index in [1.165, 1.54) is 0 Å². The number of rotatable bonds is 6. The first-order valence-corrected chi connectivity index (χ1v) is 5.66. The van der Waals surface area contributed by atoms with E-state index >= 15 is 0 Å². The highest BCUT2D eigenvalue weighted by molar-refractivity contribution is 5.75. The predicted octanol–water partition coefficient (Wildman–Crippen LogP) is 0.709. The number of aliphatic hydroxyl groups is 2. The van der Waals surface area contributed by atoms with E-state index in [1.54, 1.807) is 0 Å². The minimum Gasteiger partial charge on any atom is -0.465 e. The third kappa shape index (κ3) is 3.18. The van der Waals surface area contributed by atoms with Gasteiger partial charge in [-0.25, -0.2) is 0 Å². The molecule has 0 bridgehead atoms. The van der Waals surface area contributed by atoms with Gasteiger partial charge >= 0.3 is 5.97 Å². The minimum atomic E-state index is -0.663. The number of hydrogen-bond donors (Lipinski definition) is 2. The summed E-state index contributed by atoms with van der Waals surface area (Å²) >= 11 is 0. The minimum absolute atomic E-state index is 0.0960. The molecule has 0 spiro atoms. The molecule has 1 fully saturated rings. The molecule has 4 nitrogen and oxygen atoms in total. The van der Waals surface area contributed by atoms with E-state index in [4.69, 9.17) is 9.84 Å². The van der Waals surface area contributed by atoms with Crippen molar-refractivity contribution in [2.24, 2.45) is 11.8 Å². The van der Waals surface area contributed by atoms with Gasteiger partial charge in [0, 0.05) is 5.92 Å². The summed E-state index contributed by atoms with van der Waals surface area (Å²) in [6.45, 7) is 2.23. The van der Waals surface area contributed by atoms with Crippen molar-refractivity contribution in [1.82, 2.24) is 0 Å². The zero-order chi connectivity index (χ0) is 11.3. The summed E-state index contributed by atoms with van der Waals surface area (Å²) in [5, 5.41) is 18.9. The van der Waals surface area contributed by atoms with Gasteiger partial charge in [-0.3, -0.25) is 4.79 Å². The summed E-state index contributed by atoms with van der Waals surface area (Å²) in [6, 6.07) is 0. The largest absolute Gasteiger partial charge is 0.465 e. The van der Waals surface area contributed by atoms with Crippen LogP contribution < -0.4 is 0 Å². The van der Waals surface area contributed by atoms with Crippen molar-refractivity contribution >= 4 is 5.97 Å². The molecule has 0 aromatic rings. The molecule has 1 heterocycles. The molecule has 1 rings (SSSR count). The van der Waals surface area contributed by atoms with E-state index in [1.807, 2.05) is 0 Å². The summed E-state index contributed by atoms with van der Waals surface area (Å²) in [4.78, 5) is 11.3. The van der Waals surface area contributed by atoms with Crippen LogP contribution in [0.2, 0.25) is 0 Å². The molecule has 0 aliphatic carbocycles. The molecule has 2 N–H and O–H groups in total. The molecule has 0 aromatic carbocycles. The van der Waals surface area contributed by atoms with Crippen LogP contribution in [0.4, 0.5) is 0 Å². The summed E-state index contributed by atoms with van der Waals surface area (Å²) < 4.78 is 4.84. The average molecular weight is 216 g/mol. The van der Waals surface area contributed by atoms with Gasteiger partial charge in [0.2, 0.25) is 0 Å². The van der Waals surface area contributed by atoms with Crippen molar-refractivity contribution < 1.29 is 19.7 Å². The Balaban J connectivity index is 2.41. The summed E-state index contributed by atoms with van der Waals surface area (Å²) in [6.07, 6.45) is 3.01. The van der Waals surface area contributed by atoms with Gasteiger partial charge in [-0.15, -0.1) is 0 Å². The maximum Gasteiger partial charge on any atom is 0.312 e. The van der Waals surface area contributed by atoms with Gasteiger partial charge in [0.15, 0.2) is 0 Å². The van der Waals surface area contributed by atoms with E-state index in [9.17, 15) is 9.90 Å². The molecule has 1 aliphatic rings. The van der Waals surface area contributed by atoms with Crippen molar-refractivity contribution in [2.45, 2.75) is 38.7 Å². The monoisotopic (exact) mass is 216 g/mol. The lowest BCUT2D eigenvalue weighted by Gasteiger charge is -2.18. The number of aliphatic hydroxyl groups excluding tert-OH is 2. The lowest BCUT2D eigenvalue weighted by Crippen LogP contribution is -2.31. The summed E-state index contributed by atoms with van der Waals surface area (Å²) in [5.74, 6) is -1.11. The molecule has 1 saturated heterocycles. The van der Waals surface area contributed by atoms with Crippen LogP contribution in [0.3, 0.4) is 0 Å². The topological polar surface area (TPSA) is 66.8 Å². The fourth-order valence-corrected chi connectivity index (χ4v) is 2.00. The van der Waals surface area contributed by atoms with Crippen molar-refractivity contribution in [3.8, 4) is 0 Å². The van der Waals surface area contributed by atoms with E-state index in [0.29, 0.717) is 6.42 Å². The van der Waals surface area contributed by atoms with Crippen LogP contribution in [0, 0.1) is 11.8 Å². The van der Waals surface area contributed by atoms with Gasteiger partial charge in [-0.05, 0) is 6.42 Å². The van der Waals surface area contributed by atoms with Crippen LogP contribution in [-0.4, -0.2) is 35.5 Å². The van der Waals surface area contributed by atoms with Gasteiger partial charge in [-0.1, -0.05) is 26.2 Å². The molecule has 0 radical (unpaired) electrons. The van der Waals surface area contributed by atoms with Crippen LogP contribution in [0.25, 0.3) is 0 Å². The number of carbonyl (C=O) groups is 1. The Labute approximate surface area is 90.2 Å². The molecule has 0 unspecified atom stereocenters. The van der Waals surface area contributed by atoms with Gasteiger partial charge < -0.3 is 14.9 Å². The maximum absolute atomic E-state index is 11.3. The molecular weight excluding hydrogens is 196 g/mol. The second-order valence-electron chi connectivity index (χ2n) is 4.16. The smallest absolute Gasteiger partial charge is 0.312 e.